The largest absolute Gasteiger partial charge is 0.395 e. The van der Waals surface area contributed by atoms with E-state index < -0.39 is 0 Å². The molecule has 1 rings (SSSR count). The summed E-state index contributed by atoms with van der Waals surface area (Å²) in [6, 6.07) is 5.47. The number of hydrogen-bond acceptors (Lipinski definition) is 3. The summed E-state index contributed by atoms with van der Waals surface area (Å²) in [4.78, 5) is 13.8. The molecule has 0 heterocycles. The fourth-order valence-corrected chi connectivity index (χ4v) is 1.84. The first-order valence-corrected chi connectivity index (χ1v) is 6.54. The minimum Gasteiger partial charge on any atom is -0.395 e. The predicted molar refractivity (Wildman–Crippen MR) is 73.7 cm³/mol. The molecule has 0 aliphatic heterocycles. The van der Waals surface area contributed by atoms with Gasteiger partial charge in [0.05, 0.1) is 13.2 Å². The molecule has 1 N–H and O–H groups in total. The first-order valence-electron chi connectivity index (χ1n) is 5.75. The van der Waals surface area contributed by atoms with Gasteiger partial charge in [-0.3, -0.25) is 4.79 Å². The van der Waals surface area contributed by atoms with E-state index in [4.69, 9.17) is 9.84 Å². The normalized spacial score (nSPS) is 10.4. The molecular weight excluding hydrogens is 298 g/mol. The lowest BCUT2D eigenvalue weighted by molar-refractivity contribution is 0.0656. The van der Waals surface area contributed by atoms with Crippen molar-refractivity contribution in [3.63, 3.8) is 0 Å². The molecule has 1 amide bonds. The van der Waals surface area contributed by atoms with Crippen molar-refractivity contribution in [2.75, 3.05) is 33.4 Å². The minimum atomic E-state index is -0.0864. The van der Waals surface area contributed by atoms with Gasteiger partial charge in [-0.1, -0.05) is 15.9 Å². The molecule has 4 nitrogen and oxygen atoms in total. The monoisotopic (exact) mass is 315 g/mol. The van der Waals surface area contributed by atoms with Crippen molar-refractivity contribution >= 4 is 21.8 Å². The third-order valence-corrected chi connectivity index (χ3v) is 3.52. The van der Waals surface area contributed by atoms with E-state index in [2.05, 4.69) is 15.9 Å². The van der Waals surface area contributed by atoms with Gasteiger partial charge in [0.25, 0.3) is 5.91 Å². The van der Waals surface area contributed by atoms with Gasteiger partial charge in [-0.05, 0) is 30.7 Å². The van der Waals surface area contributed by atoms with Crippen LogP contribution < -0.4 is 0 Å². The van der Waals surface area contributed by atoms with Crippen molar-refractivity contribution in [3.8, 4) is 0 Å². The molecule has 0 bridgehead atoms. The van der Waals surface area contributed by atoms with Crippen LogP contribution in [0.1, 0.15) is 15.9 Å². The number of carbonyl (C=O) groups is 1. The molecule has 0 saturated heterocycles. The first kappa shape index (κ1) is 15.1. The number of hydrogen-bond donors (Lipinski definition) is 1. The number of nitrogens with zero attached hydrogens (tertiary/aromatic N) is 1. The summed E-state index contributed by atoms with van der Waals surface area (Å²) in [5.74, 6) is -0.0864. The molecule has 0 spiro atoms. The maximum Gasteiger partial charge on any atom is 0.254 e. The second kappa shape index (κ2) is 7.51. The number of rotatable bonds is 6. The highest BCUT2D eigenvalue weighted by atomic mass is 79.9. The summed E-state index contributed by atoms with van der Waals surface area (Å²) >= 11 is 3.40. The number of halogens is 1. The van der Waals surface area contributed by atoms with Crippen LogP contribution in [0.5, 0.6) is 0 Å². The lowest BCUT2D eigenvalue weighted by atomic mass is 10.1. The van der Waals surface area contributed by atoms with E-state index in [-0.39, 0.29) is 12.5 Å². The van der Waals surface area contributed by atoms with Crippen molar-refractivity contribution in [1.82, 2.24) is 4.90 Å². The van der Waals surface area contributed by atoms with Crippen LogP contribution in [0.15, 0.2) is 22.7 Å². The Morgan fingerprint density at radius 1 is 1.44 bits per heavy atom. The smallest absolute Gasteiger partial charge is 0.254 e. The summed E-state index contributed by atoms with van der Waals surface area (Å²) in [7, 11) is 1.59. The molecule has 0 fully saturated rings. The van der Waals surface area contributed by atoms with E-state index >= 15 is 0 Å². The molecule has 18 heavy (non-hydrogen) atoms. The van der Waals surface area contributed by atoms with Crippen molar-refractivity contribution in [3.05, 3.63) is 33.8 Å². The third-order valence-electron chi connectivity index (χ3n) is 2.63. The first-order chi connectivity index (χ1) is 8.60. The highest BCUT2D eigenvalue weighted by Crippen LogP contribution is 2.18. The van der Waals surface area contributed by atoms with Gasteiger partial charge in [0.1, 0.15) is 0 Å². The van der Waals surface area contributed by atoms with Gasteiger partial charge in [-0.15, -0.1) is 0 Å². The Morgan fingerprint density at radius 2 is 2.17 bits per heavy atom. The van der Waals surface area contributed by atoms with Crippen LogP contribution in [0, 0.1) is 6.92 Å². The Labute approximate surface area is 116 Å². The average Bonchev–Trinajstić information content (AvgIpc) is 2.37. The van der Waals surface area contributed by atoms with Crippen LogP contribution in [0.2, 0.25) is 0 Å². The molecular formula is C13H18BrNO3. The van der Waals surface area contributed by atoms with E-state index in [0.29, 0.717) is 25.3 Å². The van der Waals surface area contributed by atoms with Crippen LogP contribution in [-0.2, 0) is 4.74 Å². The molecule has 5 heteroatoms. The molecule has 0 aliphatic carbocycles. The van der Waals surface area contributed by atoms with Crippen LogP contribution >= 0.6 is 15.9 Å². The second-order valence-corrected chi connectivity index (χ2v) is 4.83. The summed E-state index contributed by atoms with van der Waals surface area (Å²) in [6.07, 6.45) is 0. The summed E-state index contributed by atoms with van der Waals surface area (Å²) in [5, 5.41) is 8.99. The number of amides is 1. The summed E-state index contributed by atoms with van der Waals surface area (Å²) in [6.45, 7) is 3.14. The van der Waals surface area contributed by atoms with Crippen LogP contribution in [-0.4, -0.2) is 49.3 Å². The van der Waals surface area contributed by atoms with Gasteiger partial charge in [0.2, 0.25) is 0 Å². The molecule has 0 aliphatic rings. The predicted octanol–water partition coefficient (Wildman–Crippen LogP) is 1.84. The average molecular weight is 316 g/mol. The van der Waals surface area contributed by atoms with E-state index in [0.717, 1.165) is 10.0 Å². The molecule has 0 aromatic heterocycles. The maximum absolute atomic E-state index is 12.2. The molecule has 1 aromatic rings. The SMILES string of the molecule is COCCN(CCO)C(=O)c1ccc(Br)c(C)c1. The van der Waals surface area contributed by atoms with Crippen molar-refractivity contribution in [2.45, 2.75) is 6.92 Å². The fourth-order valence-electron chi connectivity index (χ4n) is 1.60. The maximum atomic E-state index is 12.2. The van der Waals surface area contributed by atoms with Crippen molar-refractivity contribution in [1.29, 1.82) is 0 Å². The van der Waals surface area contributed by atoms with E-state index in [1.165, 1.54) is 0 Å². The zero-order valence-corrected chi connectivity index (χ0v) is 12.2. The number of aryl methyl sites for hydroxylation is 1. The lowest BCUT2D eigenvalue weighted by Crippen LogP contribution is -2.36. The number of carbonyl (C=O) groups excluding carboxylic acids is 1. The van der Waals surface area contributed by atoms with E-state index in [1.807, 2.05) is 19.1 Å². The Bertz CT molecular complexity index is 409. The van der Waals surface area contributed by atoms with Crippen molar-refractivity contribution in [2.24, 2.45) is 0 Å². The Hall–Kier alpha value is -0.910. The van der Waals surface area contributed by atoms with Crippen molar-refractivity contribution < 1.29 is 14.6 Å². The fraction of sp³-hybridized carbons (Fsp3) is 0.462. The quantitative estimate of drug-likeness (QED) is 0.871. The molecule has 100 valence electrons. The molecule has 0 saturated carbocycles. The third kappa shape index (κ3) is 4.08. The minimum absolute atomic E-state index is 0.0506. The topological polar surface area (TPSA) is 49.8 Å². The number of methoxy groups -OCH3 is 1. The van der Waals surface area contributed by atoms with Crippen LogP contribution in [0.3, 0.4) is 0 Å². The van der Waals surface area contributed by atoms with Crippen LogP contribution in [0.4, 0.5) is 0 Å². The molecule has 1 aromatic carbocycles. The number of aliphatic hydroxyl groups is 1. The van der Waals surface area contributed by atoms with Gasteiger partial charge >= 0.3 is 0 Å². The van der Waals surface area contributed by atoms with Crippen LogP contribution in [0.25, 0.3) is 0 Å². The van der Waals surface area contributed by atoms with Gasteiger partial charge < -0.3 is 14.7 Å². The number of benzene rings is 1. The van der Waals surface area contributed by atoms with Gasteiger partial charge in [-0.25, -0.2) is 0 Å². The summed E-state index contributed by atoms with van der Waals surface area (Å²) in [5.41, 5.74) is 1.64. The zero-order valence-electron chi connectivity index (χ0n) is 10.6. The number of aliphatic hydroxyl groups excluding tert-OH is 1. The zero-order chi connectivity index (χ0) is 13.5. The summed E-state index contributed by atoms with van der Waals surface area (Å²) < 4.78 is 5.94. The standard InChI is InChI=1S/C13H18BrNO3/c1-10-9-11(3-4-12(10)14)13(17)15(5-7-16)6-8-18-2/h3-4,9,16H,5-8H2,1-2H3. The second-order valence-electron chi connectivity index (χ2n) is 3.97. The Balaban J connectivity index is 2.83. The highest BCUT2D eigenvalue weighted by molar-refractivity contribution is 9.10. The van der Waals surface area contributed by atoms with E-state index in [1.54, 1.807) is 18.1 Å². The Morgan fingerprint density at radius 3 is 2.72 bits per heavy atom. The lowest BCUT2D eigenvalue weighted by Gasteiger charge is -2.21. The molecule has 0 radical (unpaired) electrons. The highest BCUT2D eigenvalue weighted by Gasteiger charge is 2.15. The van der Waals surface area contributed by atoms with Gasteiger partial charge in [-0.2, -0.15) is 0 Å². The van der Waals surface area contributed by atoms with E-state index in [9.17, 15) is 4.79 Å². The molecule has 0 atom stereocenters. The van der Waals surface area contributed by atoms with Gasteiger partial charge in [0.15, 0.2) is 0 Å². The Kier molecular flexibility index (Phi) is 6.32. The molecule has 0 unspecified atom stereocenters. The number of ether oxygens (including phenoxy) is 1. The van der Waals surface area contributed by atoms with Gasteiger partial charge in [0, 0.05) is 30.2 Å².